The van der Waals surface area contributed by atoms with Crippen LogP contribution in [0.3, 0.4) is 0 Å². The quantitative estimate of drug-likeness (QED) is 0.348. The van der Waals surface area contributed by atoms with E-state index in [4.69, 9.17) is 42.6 Å². The number of benzene rings is 2. The van der Waals surface area contributed by atoms with Gasteiger partial charge in [-0.3, -0.25) is 0 Å². The van der Waals surface area contributed by atoms with Crippen LogP contribution >= 0.6 is 23.2 Å². The first kappa shape index (κ1) is 17.2. The Hall–Kier alpha value is -2.11. The molecule has 0 spiro atoms. The largest absolute Gasteiger partial charge is 0.497 e. The van der Waals surface area contributed by atoms with Gasteiger partial charge in [0.1, 0.15) is 30.5 Å². The summed E-state index contributed by atoms with van der Waals surface area (Å²) in [6.07, 6.45) is 1.28. The molecule has 2 aromatic rings. The summed E-state index contributed by atoms with van der Waals surface area (Å²) >= 11 is 11.9. The van der Waals surface area contributed by atoms with Crippen LogP contribution in [0.4, 0.5) is 0 Å². The van der Waals surface area contributed by atoms with E-state index in [9.17, 15) is 0 Å². The van der Waals surface area contributed by atoms with Crippen LogP contribution in [0.5, 0.6) is 17.2 Å². The van der Waals surface area contributed by atoms with Crippen LogP contribution in [-0.2, 0) is 0 Å². The highest BCUT2D eigenvalue weighted by molar-refractivity contribution is 6.34. The molecular formula is C16H15Cl2NO4. The predicted molar refractivity (Wildman–Crippen MR) is 89.8 cm³/mol. The standard InChI is InChI=1S/C16H15Cl2NO4/c1-21-13-4-2-11(10-19-20)15(9-13)22-6-7-23-16-8-12(17)3-5-14(16)18/h2-5,8-10,20H,6-7H2,1H3. The number of halogens is 2. The van der Waals surface area contributed by atoms with E-state index >= 15 is 0 Å². The molecule has 0 heterocycles. The van der Waals surface area contributed by atoms with E-state index in [-0.39, 0.29) is 13.2 Å². The van der Waals surface area contributed by atoms with Gasteiger partial charge in [0.15, 0.2) is 0 Å². The molecule has 0 saturated carbocycles. The van der Waals surface area contributed by atoms with Crippen LogP contribution in [0.2, 0.25) is 10.0 Å². The zero-order chi connectivity index (χ0) is 16.7. The number of ether oxygens (including phenoxy) is 3. The maximum absolute atomic E-state index is 8.68. The van der Waals surface area contributed by atoms with E-state index in [2.05, 4.69) is 5.16 Å². The van der Waals surface area contributed by atoms with Crippen molar-refractivity contribution < 1.29 is 19.4 Å². The van der Waals surface area contributed by atoms with Crippen LogP contribution in [-0.4, -0.2) is 31.7 Å². The molecule has 2 rings (SSSR count). The molecular weight excluding hydrogens is 341 g/mol. The second-order valence-electron chi connectivity index (χ2n) is 4.42. The predicted octanol–water partition coefficient (Wildman–Crippen LogP) is 4.27. The maximum atomic E-state index is 8.68. The van der Waals surface area contributed by atoms with Gasteiger partial charge in [0.2, 0.25) is 0 Å². The van der Waals surface area contributed by atoms with Gasteiger partial charge in [-0.2, -0.15) is 0 Å². The fourth-order valence-electron chi connectivity index (χ4n) is 1.83. The molecule has 0 fully saturated rings. The summed E-state index contributed by atoms with van der Waals surface area (Å²) in [5.41, 5.74) is 0.620. The molecule has 0 radical (unpaired) electrons. The lowest BCUT2D eigenvalue weighted by Gasteiger charge is -2.12. The smallest absolute Gasteiger partial charge is 0.139 e. The number of methoxy groups -OCH3 is 1. The van der Waals surface area contributed by atoms with Crippen molar-refractivity contribution >= 4 is 29.4 Å². The van der Waals surface area contributed by atoms with Gasteiger partial charge in [-0.05, 0) is 24.3 Å². The number of hydrogen-bond acceptors (Lipinski definition) is 5. The van der Waals surface area contributed by atoms with Crippen LogP contribution in [0.15, 0.2) is 41.6 Å². The topological polar surface area (TPSA) is 60.3 Å². The fraction of sp³-hybridized carbons (Fsp3) is 0.188. The Morgan fingerprint density at radius 3 is 2.48 bits per heavy atom. The van der Waals surface area contributed by atoms with Gasteiger partial charge >= 0.3 is 0 Å². The van der Waals surface area contributed by atoms with Gasteiger partial charge < -0.3 is 19.4 Å². The van der Waals surface area contributed by atoms with Gasteiger partial charge in [0, 0.05) is 22.7 Å². The van der Waals surface area contributed by atoms with Crippen molar-refractivity contribution in [2.75, 3.05) is 20.3 Å². The van der Waals surface area contributed by atoms with Crippen LogP contribution in [0.1, 0.15) is 5.56 Å². The van der Waals surface area contributed by atoms with E-state index in [1.54, 1.807) is 43.5 Å². The molecule has 1 N–H and O–H groups in total. The third-order valence-electron chi connectivity index (χ3n) is 2.91. The minimum Gasteiger partial charge on any atom is -0.497 e. The molecule has 7 heteroatoms. The van der Waals surface area contributed by atoms with Gasteiger partial charge in [-0.15, -0.1) is 0 Å². The lowest BCUT2D eigenvalue weighted by molar-refractivity contribution is 0.216. The Balaban J connectivity index is 1.96. The molecule has 23 heavy (non-hydrogen) atoms. The van der Waals surface area contributed by atoms with Crippen molar-refractivity contribution in [2.24, 2.45) is 5.16 Å². The zero-order valence-electron chi connectivity index (χ0n) is 12.3. The first-order chi connectivity index (χ1) is 11.1. The highest BCUT2D eigenvalue weighted by atomic mass is 35.5. The zero-order valence-corrected chi connectivity index (χ0v) is 13.8. The van der Waals surface area contributed by atoms with E-state index in [0.717, 1.165) is 0 Å². The maximum Gasteiger partial charge on any atom is 0.139 e. The summed E-state index contributed by atoms with van der Waals surface area (Å²) in [4.78, 5) is 0. The summed E-state index contributed by atoms with van der Waals surface area (Å²) in [6, 6.07) is 10.2. The minimum atomic E-state index is 0.266. The van der Waals surface area contributed by atoms with Crippen molar-refractivity contribution in [2.45, 2.75) is 0 Å². The Morgan fingerprint density at radius 2 is 1.78 bits per heavy atom. The summed E-state index contributed by atoms with van der Waals surface area (Å²) in [5.74, 6) is 1.64. The SMILES string of the molecule is COc1ccc(C=NO)c(OCCOc2cc(Cl)ccc2Cl)c1. The fourth-order valence-corrected chi connectivity index (χ4v) is 2.16. The summed E-state index contributed by atoms with van der Waals surface area (Å²) < 4.78 is 16.3. The molecule has 0 aromatic heterocycles. The number of nitrogens with zero attached hydrogens (tertiary/aromatic N) is 1. The van der Waals surface area contributed by atoms with Crippen molar-refractivity contribution in [3.05, 3.63) is 52.0 Å². The van der Waals surface area contributed by atoms with Gasteiger partial charge in [0.05, 0.1) is 18.3 Å². The van der Waals surface area contributed by atoms with Gasteiger partial charge in [0.25, 0.3) is 0 Å². The molecule has 2 aromatic carbocycles. The van der Waals surface area contributed by atoms with Crippen molar-refractivity contribution in [3.63, 3.8) is 0 Å². The summed E-state index contributed by atoms with van der Waals surface area (Å²) in [6.45, 7) is 0.537. The number of oxime groups is 1. The molecule has 5 nitrogen and oxygen atoms in total. The molecule has 0 atom stereocenters. The average molecular weight is 356 g/mol. The monoisotopic (exact) mass is 355 g/mol. The van der Waals surface area contributed by atoms with E-state index in [0.29, 0.717) is 32.9 Å². The lowest BCUT2D eigenvalue weighted by atomic mass is 10.2. The Bertz CT molecular complexity index is 692. The normalized spacial score (nSPS) is 10.7. The summed E-state index contributed by atoms with van der Waals surface area (Å²) in [5, 5.41) is 12.7. The molecule has 0 unspecified atom stereocenters. The van der Waals surface area contributed by atoms with Crippen molar-refractivity contribution in [1.29, 1.82) is 0 Å². The van der Waals surface area contributed by atoms with E-state index < -0.39 is 0 Å². The van der Waals surface area contributed by atoms with E-state index in [1.807, 2.05) is 0 Å². The molecule has 122 valence electrons. The molecule has 0 saturated heterocycles. The summed E-state index contributed by atoms with van der Waals surface area (Å²) in [7, 11) is 1.56. The van der Waals surface area contributed by atoms with Crippen molar-refractivity contribution in [1.82, 2.24) is 0 Å². The highest BCUT2D eigenvalue weighted by Gasteiger charge is 2.06. The third-order valence-corrected chi connectivity index (χ3v) is 3.46. The molecule has 0 aliphatic rings. The van der Waals surface area contributed by atoms with Crippen LogP contribution < -0.4 is 14.2 Å². The first-order valence-corrected chi connectivity index (χ1v) is 7.45. The average Bonchev–Trinajstić information content (AvgIpc) is 2.56. The van der Waals surface area contributed by atoms with Crippen molar-refractivity contribution in [3.8, 4) is 17.2 Å². The molecule has 0 aliphatic heterocycles. The van der Waals surface area contributed by atoms with Gasteiger partial charge in [-0.25, -0.2) is 0 Å². The Kier molecular flexibility index (Phi) is 6.38. The number of hydrogen-bond donors (Lipinski definition) is 1. The molecule has 0 amide bonds. The lowest BCUT2D eigenvalue weighted by Crippen LogP contribution is -2.10. The first-order valence-electron chi connectivity index (χ1n) is 6.70. The Morgan fingerprint density at radius 1 is 1.04 bits per heavy atom. The molecule has 0 bridgehead atoms. The van der Waals surface area contributed by atoms with Crippen LogP contribution in [0.25, 0.3) is 0 Å². The van der Waals surface area contributed by atoms with E-state index in [1.165, 1.54) is 6.21 Å². The van der Waals surface area contributed by atoms with Gasteiger partial charge in [-0.1, -0.05) is 28.4 Å². The third kappa shape index (κ3) is 4.94. The molecule has 0 aliphatic carbocycles. The second kappa shape index (κ2) is 8.50. The highest BCUT2D eigenvalue weighted by Crippen LogP contribution is 2.28. The number of rotatable bonds is 7. The van der Waals surface area contributed by atoms with Crippen LogP contribution in [0, 0.1) is 0 Å². The Labute approximate surface area is 144 Å². The second-order valence-corrected chi connectivity index (χ2v) is 5.26. The minimum absolute atomic E-state index is 0.266.